The second kappa shape index (κ2) is 10.2. The molecule has 166 valence electrons. The lowest BCUT2D eigenvalue weighted by atomic mass is 10.1. The predicted octanol–water partition coefficient (Wildman–Crippen LogP) is 3.76. The summed E-state index contributed by atoms with van der Waals surface area (Å²) in [6, 6.07) is 19.1. The molecule has 2 aromatic carbocycles. The summed E-state index contributed by atoms with van der Waals surface area (Å²) in [5.74, 6) is 0.248. The number of nitrogens with zero attached hydrogens (tertiary/aromatic N) is 4. The van der Waals surface area contributed by atoms with Crippen molar-refractivity contribution in [3.05, 3.63) is 84.3 Å². The van der Waals surface area contributed by atoms with Gasteiger partial charge < -0.3 is 13.9 Å². The third-order valence-corrected chi connectivity index (χ3v) is 4.58. The van der Waals surface area contributed by atoms with Gasteiger partial charge in [0.25, 0.3) is 0 Å². The molecule has 0 N–H and O–H groups in total. The van der Waals surface area contributed by atoms with E-state index >= 15 is 0 Å². The van der Waals surface area contributed by atoms with E-state index < -0.39 is 12.6 Å². The molecule has 0 radical (unpaired) electrons. The molecule has 0 aliphatic heterocycles. The zero-order valence-electron chi connectivity index (χ0n) is 17.7. The number of Topliss-reactive ketones (excluding diaryl/α,β-unsaturated/α-hetero) is 1. The van der Waals surface area contributed by atoms with Crippen LogP contribution in [0, 0.1) is 0 Å². The molecular formula is C24H20N4O5. The van der Waals surface area contributed by atoms with Crippen LogP contribution in [0.25, 0.3) is 23.2 Å². The number of esters is 1. The third kappa shape index (κ3) is 5.21. The van der Waals surface area contributed by atoms with Gasteiger partial charge in [-0.1, -0.05) is 30.3 Å². The minimum absolute atomic E-state index is 0.00621. The van der Waals surface area contributed by atoms with Crippen LogP contribution in [0.4, 0.5) is 0 Å². The molecule has 0 unspecified atom stereocenters. The monoisotopic (exact) mass is 444 g/mol. The lowest BCUT2D eigenvalue weighted by Crippen LogP contribution is -2.19. The van der Waals surface area contributed by atoms with Crippen LogP contribution in [0.5, 0.6) is 5.75 Å². The molecule has 0 bridgehead atoms. The number of carbonyl (C=O) groups excluding carboxylic acids is 2. The van der Waals surface area contributed by atoms with Crippen LogP contribution in [0.1, 0.15) is 23.0 Å². The standard InChI is InChI=1S/C24H20N4O5/c1-2-31-19-12-10-17(11-13-19)22(29)16-33-24(30)21(15-20-9-6-14-32-20)28-23(25-26-27-28)18-7-4-3-5-8-18/h3-15H,2,16H2,1H3. The van der Waals surface area contributed by atoms with Gasteiger partial charge >= 0.3 is 5.97 Å². The molecule has 0 spiro atoms. The second-order valence-corrected chi connectivity index (χ2v) is 6.78. The van der Waals surface area contributed by atoms with Gasteiger partial charge in [-0.05, 0) is 53.7 Å². The molecule has 33 heavy (non-hydrogen) atoms. The van der Waals surface area contributed by atoms with Gasteiger partial charge in [-0.2, -0.15) is 4.68 Å². The fourth-order valence-electron chi connectivity index (χ4n) is 3.02. The summed E-state index contributed by atoms with van der Waals surface area (Å²) < 4.78 is 17.3. The first-order valence-corrected chi connectivity index (χ1v) is 10.2. The maximum Gasteiger partial charge on any atom is 0.357 e. The first kappa shape index (κ1) is 21.7. The summed E-state index contributed by atoms with van der Waals surface area (Å²) in [7, 11) is 0. The average molecular weight is 444 g/mol. The van der Waals surface area contributed by atoms with Crippen LogP contribution < -0.4 is 4.74 Å². The van der Waals surface area contributed by atoms with Crippen molar-refractivity contribution in [2.75, 3.05) is 13.2 Å². The topological polar surface area (TPSA) is 109 Å². The van der Waals surface area contributed by atoms with Crippen molar-refractivity contribution in [3.8, 4) is 17.1 Å². The SMILES string of the molecule is CCOc1ccc(C(=O)COC(=O)C(=Cc2ccco2)n2nnnc2-c2ccccc2)cc1. The molecule has 4 rings (SSSR count). The summed E-state index contributed by atoms with van der Waals surface area (Å²) in [5, 5.41) is 11.7. The predicted molar refractivity (Wildman–Crippen MR) is 119 cm³/mol. The first-order valence-electron chi connectivity index (χ1n) is 10.2. The van der Waals surface area contributed by atoms with E-state index in [2.05, 4.69) is 15.5 Å². The van der Waals surface area contributed by atoms with Gasteiger partial charge in [0.05, 0.1) is 12.9 Å². The zero-order chi connectivity index (χ0) is 23.0. The molecular weight excluding hydrogens is 424 g/mol. The highest BCUT2D eigenvalue weighted by Crippen LogP contribution is 2.21. The van der Waals surface area contributed by atoms with E-state index in [0.29, 0.717) is 35.1 Å². The lowest BCUT2D eigenvalue weighted by molar-refractivity contribution is -0.136. The van der Waals surface area contributed by atoms with Gasteiger partial charge in [-0.3, -0.25) is 4.79 Å². The van der Waals surface area contributed by atoms with E-state index in [1.165, 1.54) is 17.0 Å². The van der Waals surface area contributed by atoms with Gasteiger partial charge in [0.1, 0.15) is 11.5 Å². The Bertz CT molecular complexity index is 1250. The molecule has 0 fully saturated rings. The largest absolute Gasteiger partial charge is 0.494 e. The third-order valence-electron chi connectivity index (χ3n) is 4.58. The van der Waals surface area contributed by atoms with Crippen LogP contribution in [-0.2, 0) is 9.53 Å². The highest BCUT2D eigenvalue weighted by molar-refractivity contribution is 6.16. The van der Waals surface area contributed by atoms with Crippen molar-refractivity contribution in [2.45, 2.75) is 6.92 Å². The van der Waals surface area contributed by atoms with Gasteiger partial charge in [0, 0.05) is 17.2 Å². The van der Waals surface area contributed by atoms with Crippen LogP contribution in [0.2, 0.25) is 0 Å². The number of ketones is 1. The summed E-state index contributed by atoms with van der Waals surface area (Å²) in [4.78, 5) is 25.5. The first-order chi connectivity index (χ1) is 16.2. The molecule has 9 nitrogen and oxygen atoms in total. The minimum atomic E-state index is -0.782. The quantitative estimate of drug-likeness (QED) is 0.218. The number of rotatable bonds is 9. The molecule has 0 saturated heterocycles. The maximum atomic E-state index is 13.0. The Labute approximate surface area is 189 Å². The zero-order valence-corrected chi connectivity index (χ0v) is 17.7. The number of hydrogen-bond donors (Lipinski definition) is 0. The summed E-state index contributed by atoms with van der Waals surface area (Å²) in [5.41, 5.74) is 1.09. The van der Waals surface area contributed by atoms with Crippen molar-refractivity contribution >= 4 is 23.5 Å². The molecule has 4 aromatic rings. The van der Waals surface area contributed by atoms with Crippen molar-refractivity contribution in [1.82, 2.24) is 20.2 Å². The number of benzene rings is 2. The van der Waals surface area contributed by atoms with Crippen molar-refractivity contribution < 1.29 is 23.5 Å². The van der Waals surface area contributed by atoms with E-state index in [1.807, 2.05) is 37.3 Å². The highest BCUT2D eigenvalue weighted by Gasteiger charge is 2.22. The van der Waals surface area contributed by atoms with Crippen molar-refractivity contribution in [2.24, 2.45) is 0 Å². The van der Waals surface area contributed by atoms with E-state index in [4.69, 9.17) is 13.9 Å². The summed E-state index contributed by atoms with van der Waals surface area (Å²) >= 11 is 0. The molecule has 2 aromatic heterocycles. The Balaban J connectivity index is 1.56. The normalized spacial score (nSPS) is 11.2. The minimum Gasteiger partial charge on any atom is -0.494 e. The van der Waals surface area contributed by atoms with Gasteiger partial charge in [0.15, 0.2) is 23.9 Å². The van der Waals surface area contributed by atoms with Crippen LogP contribution in [0.15, 0.2) is 77.4 Å². The number of hydrogen-bond acceptors (Lipinski definition) is 8. The maximum absolute atomic E-state index is 13.0. The molecule has 0 amide bonds. The lowest BCUT2D eigenvalue weighted by Gasteiger charge is -2.10. The second-order valence-electron chi connectivity index (χ2n) is 6.78. The molecule has 0 aliphatic rings. The Kier molecular flexibility index (Phi) is 6.70. The molecule has 0 atom stereocenters. The van der Waals surface area contributed by atoms with Crippen molar-refractivity contribution in [3.63, 3.8) is 0 Å². The number of ether oxygens (including phenoxy) is 2. The molecule has 2 heterocycles. The van der Waals surface area contributed by atoms with Gasteiger partial charge in [-0.25, -0.2) is 4.79 Å². The summed E-state index contributed by atoms with van der Waals surface area (Å²) in [6.45, 7) is 1.95. The highest BCUT2D eigenvalue weighted by atomic mass is 16.5. The van der Waals surface area contributed by atoms with Crippen LogP contribution in [-0.4, -0.2) is 45.2 Å². The van der Waals surface area contributed by atoms with Crippen LogP contribution in [0.3, 0.4) is 0 Å². The molecule has 9 heteroatoms. The number of tetrazole rings is 1. The van der Waals surface area contributed by atoms with Gasteiger partial charge in [-0.15, -0.1) is 5.10 Å². The average Bonchev–Trinajstić information content (AvgIpc) is 3.54. The summed E-state index contributed by atoms with van der Waals surface area (Å²) in [6.07, 6.45) is 2.93. The van der Waals surface area contributed by atoms with Gasteiger partial charge in [0.2, 0.25) is 0 Å². The fourth-order valence-corrected chi connectivity index (χ4v) is 3.02. The van der Waals surface area contributed by atoms with Crippen LogP contribution >= 0.6 is 0 Å². The molecule has 0 aliphatic carbocycles. The number of furan rings is 1. The number of aromatic nitrogens is 4. The smallest absolute Gasteiger partial charge is 0.357 e. The fraction of sp³-hybridized carbons (Fsp3) is 0.125. The van der Waals surface area contributed by atoms with E-state index in [0.717, 1.165) is 0 Å². The Morgan fingerprint density at radius 2 is 1.82 bits per heavy atom. The van der Waals surface area contributed by atoms with E-state index in [1.54, 1.807) is 36.4 Å². The van der Waals surface area contributed by atoms with E-state index in [-0.39, 0.29) is 11.5 Å². The van der Waals surface area contributed by atoms with E-state index in [9.17, 15) is 9.59 Å². The van der Waals surface area contributed by atoms with Crippen molar-refractivity contribution in [1.29, 1.82) is 0 Å². The Hall–Kier alpha value is -4.53. The Morgan fingerprint density at radius 1 is 1.03 bits per heavy atom. The Morgan fingerprint density at radius 3 is 2.52 bits per heavy atom. The molecule has 0 saturated carbocycles. The number of carbonyl (C=O) groups is 2.